The summed E-state index contributed by atoms with van der Waals surface area (Å²) in [4.78, 5) is 15.0. The molecule has 1 N–H and O–H groups in total. The van der Waals surface area contributed by atoms with E-state index in [1.807, 2.05) is 0 Å². The molecule has 0 unspecified atom stereocenters. The van der Waals surface area contributed by atoms with Crippen molar-refractivity contribution in [1.29, 1.82) is 0 Å². The summed E-state index contributed by atoms with van der Waals surface area (Å²) in [6.45, 7) is 8.49. The molecular formula is C15H28N2O. The van der Waals surface area contributed by atoms with Gasteiger partial charge in [0.15, 0.2) is 0 Å². The molecule has 104 valence electrons. The number of carbonyl (C=O) groups excluding carboxylic acids is 1. The van der Waals surface area contributed by atoms with Crippen molar-refractivity contribution in [1.82, 2.24) is 10.2 Å². The lowest BCUT2D eigenvalue weighted by Crippen LogP contribution is -2.51. The van der Waals surface area contributed by atoms with Crippen LogP contribution in [-0.2, 0) is 4.79 Å². The number of nitrogens with zero attached hydrogens (tertiary/aromatic N) is 1. The Hall–Kier alpha value is -0.570. The Bertz CT molecular complexity index is 271. The van der Waals surface area contributed by atoms with Gasteiger partial charge in [-0.05, 0) is 51.1 Å². The van der Waals surface area contributed by atoms with E-state index in [9.17, 15) is 4.79 Å². The van der Waals surface area contributed by atoms with Gasteiger partial charge in [-0.25, -0.2) is 0 Å². The van der Waals surface area contributed by atoms with E-state index in [4.69, 9.17) is 0 Å². The standard InChI is InChI=1S/C15H28N2O/c1-3-6-15(7-9-16-10-8-15)14(18)17-11-4-13(2)5-12-17/h13,16H,3-12H2,1-2H3. The molecule has 0 radical (unpaired) electrons. The van der Waals surface area contributed by atoms with Gasteiger partial charge in [0.2, 0.25) is 5.91 Å². The van der Waals surface area contributed by atoms with Gasteiger partial charge in [0.05, 0.1) is 5.41 Å². The minimum absolute atomic E-state index is 0.0411. The molecule has 0 bridgehead atoms. The maximum absolute atomic E-state index is 12.9. The van der Waals surface area contributed by atoms with Crippen LogP contribution in [-0.4, -0.2) is 37.0 Å². The molecule has 3 nitrogen and oxygen atoms in total. The van der Waals surface area contributed by atoms with E-state index in [0.29, 0.717) is 5.91 Å². The molecule has 0 atom stereocenters. The lowest BCUT2D eigenvalue weighted by Gasteiger charge is -2.42. The summed E-state index contributed by atoms with van der Waals surface area (Å²) in [6.07, 6.45) is 6.63. The minimum atomic E-state index is -0.0411. The van der Waals surface area contributed by atoms with Gasteiger partial charge in [-0.1, -0.05) is 20.3 Å². The zero-order valence-corrected chi connectivity index (χ0v) is 12.0. The van der Waals surface area contributed by atoms with Crippen molar-refractivity contribution in [2.45, 2.75) is 52.4 Å². The Kier molecular flexibility index (Phi) is 4.66. The molecule has 2 heterocycles. The lowest BCUT2D eigenvalue weighted by molar-refractivity contribution is -0.145. The molecule has 2 aliphatic rings. The van der Waals surface area contributed by atoms with E-state index in [1.54, 1.807) is 0 Å². The second-order valence-corrected chi connectivity index (χ2v) is 6.26. The van der Waals surface area contributed by atoms with Crippen LogP contribution in [0.4, 0.5) is 0 Å². The highest BCUT2D eigenvalue weighted by Crippen LogP contribution is 2.37. The smallest absolute Gasteiger partial charge is 0.228 e. The van der Waals surface area contributed by atoms with Gasteiger partial charge >= 0.3 is 0 Å². The van der Waals surface area contributed by atoms with Crippen LogP contribution < -0.4 is 5.32 Å². The van der Waals surface area contributed by atoms with Crippen molar-refractivity contribution in [3.05, 3.63) is 0 Å². The first-order valence-electron chi connectivity index (χ1n) is 7.68. The molecule has 0 saturated carbocycles. The molecule has 0 aromatic rings. The number of likely N-dealkylation sites (tertiary alicyclic amines) is 1. The zero-order chi connectivity index (χ0) is 13.0. The van der Waals surface area contributed by atoms with Crippen molar-refractivity contribution >= 4 is 5.91 Å². The van der Waals surface area contributed by atoms with E-state index in [0.717, 1.165) is 57.8 Å². The topological polar surface area (TPSA) is 32.3 Å². The normalized spacial score (nSPS) is 25.1. The monoisotopic (exact) mass is 252 g/mol. The van der Waals surface area contributed by atoms with E-state index < -0.39 is 0 Å². The highest BCUT2D eigenvalue weighted by atomic mass is 16.2. The van der Waals surface area contributed by atoms with E-state index in [1.165, 1.54) is 12.8 Å². The quantitative estimate of drug-likeness (QED) is 0.836. The average molecular weight is 252 g/mol. The largest absolute Gasteiger partial charge is 0.342 e. The summed E-state index contributed by atoms with van der Waals surface area (Å²) >= 11 is 0. The van der Waals surface area contributed by atoms with Crippen molar-refractivity contribution in [3.8, 4) is 0 Å². The summed E-state index contributed by atoms with van der Waals surface area (Å²) in [5.41, 5.74) is -0.0411. The second kappa shape index (κ2) is 6.05. The molecule has 0 aromatic heterocycles. The molecule has 0 spiro atoms. The van der Waals surface area contributed by atoms with Gasteiger partial charge < -0.3 is 10.2 Å². The van der Waals surface area contributed by atoms with Gasteiger partial charge in [-0.15, -0.1) is 0 Å². The van der Waals surface area contributed by atoms with Crippen molar-refractivity contribution in [2.24, 2.45) is 11.3 Å². The molecule has 2 fully saturated rings. The predicted molar refractivity (Wildman–Crippen MR) is 74.4 cm³/mol. The van der Waals surface area contributed by atoms with E-state index in [-0.39, 0.29) is 5.41 Å². The third-order valence-electron chi connectivity index (χ3n) is 4.81. The van der Waals surface area contributed by atoms with Crippen molar-refractivity contribution in [3.63, 3.8) is 0 Å². The fraction of sp³-hybridized carbons (Fsp3) is 0.933. The summed E-state index contributed by atoms with van der Waals surface area (Å²) in [7, 11) is 0. The van der Waals surface area contributed by atoms with Crippen molar-refractivity contribution in [2.75, 3.05) is 26.2 Å². The third-order valence-corrected chi connectivity index (χ3v) is 4.81. The highest BCUT2D eigenvalue weighted by Gasteiger charge is 2.41. The van der Waals surface area contributed by atoms with Crippen LogP contribution in [0.5, 0.6) is 0 Å². The molecule has 2 saturated heterocycles. The minimum Gasteiger partial charge on any atom is -0.342 e. The zero-order valence-electron chi connectivity index (χ0n) is 12.0. The van der Waals surface area contributed by atoms with Crippen LogP contribution in [0.15, 0.2) is 0 Å². The average Bonchev–Trinajstić information content (AvgIpc) is 2.40. The Labute approximate surface area is 111 Å². The number of rotatable bonds is 3. The van der Waals surface area contributed by atoms with Crippen LogP contribution >= 0.6 is 0 Å². The van der Waals surface area contributed by atoms with Crippen molar-refractivity contribution < 1.29 is 4.79 Å². The van der Waals surface area contributed by atoms with Gasteiger partial charge in [-0.2, -0.15) is 0 Å². The molecule has 0 aliphatic carbocycles. The molecule has 2 rings (SSSR count). The number of hydrogen-bond acceptors (Lipinski definition) is 2. The summed E-state index contributed by atoms with van der Waals surface area (Å²) < 4.78 is 0. The number of hydrogen-bond donors (Lipinski definition) is 1. The SMILES string of the molecule is CCCC1(C(=O)N2CCC(C)CC2)CCNCC1. The lowest BCUT2D eigenvalue weighted by atomic mass is 9.74. The van der Waals surface area contributed by atoms with Gasteiger partial charge in [-0.3, -0.25) is 4.79 Å². The Balaban J connectivity index is 2.03. The Morgan fingerprint density at radius 1 is 1.28 bits per heavy atom. The highest BCUT2D eigenvalue weighted by molar-refractivity contribution is 5.83. The Morgan fingerprint density at radius 3 is 2.44 bits per heavy atom. The van der Waals surface area contributed by atoms with Crippen LogP contribution in [0.1, 0.15) is 52.4 Å². The third kappa shape index (κ3) is 2.87. The molecule has 1 amide bonds. The molecule has 2 aliphatic heterocycles. The molecule has 18 heavy (non-hydrogen) atoms. The first kappa shape index (κ1) is 13.9. The first-order valence-corrected chi connectivity index (χ1v) is 7.68. The fourth-order valence-electron chi connectivity index (χ4n) is 3.50. The number of nitrogens with one attached hydrogen (secondary N) is 1. The molecular weight excluding hydrogens is 224 g/mol. The molecule has 0 aromatic carbocycles. The van der Waals surface area contributed by atoms with Crippen LogP contribution in [0.2, 0.25) is 0 Å². The van der Waals surface area contributed by atoms with Gasteiger partial charge in [0.1, 0.15) is 0 Å². The number of carbonyl (C=O) groups is 1. The van der Waals surface area contributed by atoms with E-state index >= 15 is 0 Å². The first-order chi connectivity index (χ1) is 8.68. The Morgan fingerprint density at radius 2 is 1.89 bits per heavy atom. The van der Waals surface area contributed by atoms with Crippen LogP contribution in [0.3, 0.4) is 0 Å². The predicted octanol–water partition coefficient (Wildman–Crippen LogP) is 2.41. The summed E-state index contributed by atoms with van der Waals surface area (Å²) in [5.74, 6) is 1.25. The van der Waals surface area contributed by atoms with Gasteiger partial charge in [0.25, 0.3) is 0 Å². The van der Waals surface area contributed by atoms with Gasteiger partial charge in [0, 0.05) is 13.1 Å². The maximum Gasteiger partial charge on any atom is 0.228 e. The number of piperidine rings is 2. The van der Waals surface area contributed by atoms with Crippen LogP contribution in [0, 0.1) is 11.3 Å². The number of amides is 1. The van der Waals surface area contributed by atoms with E-state index in [2.05, 4.69) is 24.1 Å². The van der Waals surface area contributed by atoms with Crippen LogP contribution in [0.25, 0.3) is 0 Å². The summed E-state index contributed by atoms with van der Waals surface area (Å²) in [5, 5.41) is 3.39. The maximum atomic E-state index is 12.9. The summed E-state index contributed by atoms with van der Waals surface area (Å²) in [6, 6.07) is 0. The molecule has 3 heteroatoms. The second-order valence-electron chi connectivity index (χ2n) is 6.26. The fourth-order valence-corrected chi connectivity index (χ4v) is 3.50.